The molecule has 0 fully saturated rings. The van der Waals surface area contributed by atoms with Crippen LogP contribution in [0.25, 0.3) is 10.9 Å². The van der Waals surface area contributed by atoms with Crippen molar-refractivity contribution in [3.63, 3.8) is 0 Å². The Morgan fingerprint density at radius 3 is 2.73 bits per heavy atom. The standard InChI is InChI=1S/C18H15N3O4S/c1-2-24-18(23)15-12(11(8-19)16(20)26-15)9-25-17(22)14-7-10-5-3-4-6-13(10)21-14/h3-7,21H,2,9,20H2,1H3. The van der Waals surface area contributed by atoms with Gasteiger partial charge in [-0.25, -0.2) is 9.59 Å². The van der Waals surface area contributed by atoms with E-state index in [-0.39, 0.29) is 39.9 Å². The molecule has 2 aromatic heterocycles. The van der Waals surface area contributed by atoms with Gasteiger partial charge < -0.3 is 20.2 Å². The average molecular weight is 369 g/mol. The van der Waals surface area contributed by atoms with Crippen molar-refractivity contribution in [2.24, 2.45) is 0 Å². The Morgan fingerprint density at radius 2 is 2.04 bits per heavy atom. The smallest absolute Gasteiger partial charge is 0.355 e. The van der Waals surface area contributed by atoms with Gasteiger partial charge in [-0.1, -0.05) is 18.2 Å². The largest absolute Gasteiger partial charge is 0.462 e. The van der Waals surface area contributed by atoms with Crippen molar-refractivity contribution < 1.29 is 19.1 Å². The van der Waals surface area contributed by atoms with E-state index in [2.05, 4.69) is 4.98 Å². The summed E-state index contributed by atoms with van der Waals surface area (Å²) in [5.74, 6) is -1.19. The summed E-state index contributed by atoms with van der Waals surface area (Å²) in [6, 6.07) is 11.1. The third-order valence-electron chi connectivity index (χ3n) is 3.70. The van der Waals surface area contributed by atoms with Crippen molar-refractivity contribution >= 4 is 39.2 Å². The van der Waals surface area contributed by atoms with Gasteiger partial charge in [-0.15, -0.1) is 11.3 Å². The fourth-order valence-electron chi connectivity index (χ4n) is 2.51. The number of benzene rings is 1. The minimum absolute atomic E-state index is 0.127. The Labute approximate surface area is 152 Å². The molecule has 1 aromatic carbocycles. The molecule has 2 heterocycles. The molecule has 0 aliphatic heterocycles. The zero-order chi connectivity index (χ0) is 18.7. The lowest BCUT2D eigenvalue weighted by molar-refractivity contribution is 0.0448. The lowest BCUT2D eigenvalue weighted by Crippen LogP contribution is -2.10. The molecule has 3 aromatic rings. The van der Waals surface area contributed by atoms with Crippen molar-refractivity contribution in [3.05, 3.63) is 52.0 Å². The van der Waals surface area contributed by atoms with Gasteiger partial charge in [0.1, 0.15) is 28.2 Å². The van der Waals surface area contributed by atoms with Crippen LogP contribution >= 0.6 is 11.3 Å². The second-order valence-electron chi connectivity index (χ2n) is 5.33. The fraction of sp³-hybridized carbons (Fsp3) is 0.167. The number of para-hydroxylation sites is 1. The quantitative estimate of drug-likeness (QED) is 0.667. The van der Waals surface area contributed by atoms with Gasteiger partial charge in [0.2, 0.25) is 0 Å². The molecule has 0 bridgehead atoms. The lowest BCUT2D eigenvalue weighted by atomic mass is 10.1. The third kappa shape index (κ3) is 3.25. The van der Waals surface area contributed by atoms with E-state index in [1.165, 1.54) is 0 Å². The second-order valence-corrected chi connectivity index (χ2v) is 6.38. The number of nitrogen functional groups attached to an aromatic ring is 1. The Bertz CT molecular complexity index is 996. The third-order valence-corrected chi connectivity index (χ3v) is 4.75. The maximum absolute atomic E-state index is 12.3. The molecule has 0 saturated carbocycles. The summed E-state index contributed by atoms with van der Waals surface area (Å²) in [5.41, 5.74) is 7.28. The van der Waals surface area contributed by atoms with Crippen LogP contribution in [0.4, 0.5) is 5.00 Å². The lowest BCUT2D eigenvalue weighted by Gasteiger charge is -2.06. The SMILES string of the molecule is CCOC(=O)c1sc(N)c(C#N)c1COC(=O)c1cc2ccccc2[nH]1. The molecule has 0 saturated heterocycles. The maximum Gasteiger partial charge on any atom is 0.355 e. The van der Waals surface area contributed by atoms with E-state index in [9.17, 15) is 14.9 Å². The maximum atomic E-state index is 12.3. The number of hydrogen-bond donors (Lipinski definition) is 2. The molecule has 0 aliphatic carbocycles. The number of rotatable bonds is 5. The highest BCUT2D eigenvalue weighted by Gasteiger charge is 2.24. The van der Waals surface area contributed by atoms with Crippen LogP contribution < -0.4 is 5.73 Å². The van der Waals surface area contributed by atoms with E-state index < -0.39 is 11.9 Å². The Morgan fingerprint density at radius 1 is 1.27 bits per heavy atom. The van der Waals surface area contributed by atoms with Gasteiger partial charge in [0.05, 0.1) is 12.2 Å². The second kappa shape index (κ2) is 7.29. The first-order valence-electron chi connectivity index (χ1n) is 7.78. The van der Waals surface area contributed by atoms with Gasteiger partial charge in [0, 0.05) is 16.5 Å². The molecule has 0 unspecified atom stereocenters. The molecule has 8 heteroatoms. The normalized spacial score (nSPS) is 10.5. The molecule has 26 heavy (non-hydrogen) atoms. The Balaban J connectivity index is 1.83. The van der Waals surface area contributed by atoms with E-state index in [0.29, 0.717) is 0 Å². The number of aromatic nitrogens is 1. The van der Waals surface area contributed by atoms with E-state index >= 15 is 0 Å². The molecular formula is C18H15N3O4S. The first kappa shape index (κ1) is 17.5. The highest BCUT2D eigenvalue weighted by molar-refractivity contribution is 7.18. The predicted octanol–water partition coefficient (Wildman–Crippen LogP) is 3.22. The molecular weight excluding hydrogens is 354 g/mol. The molecule has 7 nitrogen and oxygen atoms in total. The van der Waals surface area contributed by atoms with E-state index in [4.69, 9.17) is 15.2 Å². The number of hydrogen-bond acceptors (Lipinski definition) is 7. The highest BCUT2D eigenvalue weighted by Crippen LogP contribution is 2.32. The molecule has 132 valence electrons. The number of carbonyl (C=O) groups is 2. The van der Waals surface area contributed by atoms with Crippen LogP contribution in [0, 0.1) is 11.3 Å². The van der Waals surface area contributed by atoms with Gasteiger partial charge in [-0.05, 0) is 19.1 Å². The minimum Gasteiger partial charge on any atom is -0.462 e. The zero-order valence-corrected chi connectivity index (χ0v) is 14.7. The van der Waals surface area contributed by atoms with Crippen LogP contribution in [0.3, 0.4) is 0 Å². The Hall–Kier alpha value is -3.31. The summed E-state index contributed by atoms with van der Waals surface area (Å²) in [5, 5.41) is 10.3. The highest BCUT2D eigenvalue weighted by atomic mass is 32.1. The van der Waals surface area contributed by atoms with Crippen LogP contribution in [-0.2, 0) is 16.1 Å². The van der Waals surface area contributed by atoms with Gasteiger partial charge in [0.25, 0.3) is 0 Å². The topological polar surface area (TPSA) is 118 Å². The Kier molecular flexibility index (Phi) is 4.91. The summed E-state index contributed by atoms with van der Waals surface area (Å²) in [6.45, 7) is 1.61. The van der Waals surface area contributed by atoms with Crippen molar-refractivity contribution in [2.45, 2.75) is 13.5 Å². The number of H-pyrrole nitrogens is 1. The van der Waals surface area contributed by atoms with Crippen LogP contribution in [-0.4, -0.2) is 23.5 Å². The summed E-state index contributed by atoms with van der Waals surface area (Å²) in [6.07, 6.45) is 0. The average Bonchev–Trinajstić information content (AvgIpc) is 3.20. The van der Waals surface area contributed by atoms with E-state index in [0.717, 1.165) is 22.2 Å². The summed E-state index contributed by atoms with van der Waals surface area (Å²) in [4.78, 5) is 27.5. The van der Waals surface area contributed by atoms with Crippen LogP contribution in [0.2, 0.25) is 0 Å². The summed E-state index contributed by atoms with van der Waals surface area (Å²) in [7, 11) is 0. The number of esters is 2. The van der Waals surface area contributed by atoms with E-state index in [1.54, 1.807) is 13.0 Å². The number of fused-ring (bicyclic) bond motifs is 1. The van der Waals surface area contributed by atoms with Crippen LogP contribution in [0.5, 0.6) is 0 Å². The summed E-state index contributed by atoms with van der Waals surface area (Å²) < 4.78 is 10.3. The van der Waals surface area contributed by atoms with Crippen molar-refractivity contribution in [1.29, 1.82) is 5.26 Å². The number of thiophene rings is 1. The van der Waals surface area contributed by atoms with Crippen molar-refractivity contribution in [2.75, 3.05) is 12.3 Å². The number of ether oxygens (including phenoxy) is 2. The van der Waals surface area contributed by atoms with Gasteiger partial charge >= 0.3 is 11.9 Å². The van der Waals surface area contributed by atoms with Gasteiger partial charge in [-0.3, -0.25) is 0 Å². The molecule has 0 amide bonds. The number of carbonyl (C=O) groups excluding carboxylic acids is 2. The molecule has 0 aliphatic rings. The number of nitrogens with two attached hydrogens (primary N) is 1. The zero-order valence-electron chi connectivity index (χ0n) is 13.9. The van der Waals surface area contributed by atoms with Gasteiger partial charge in [-0.2, -0.15) is 5.26 Å². The minimum atomic E-state index is -0.595. The van der Waals surface area contributed by atoms with Crippen LogP contribution in [0.15, 0.2) is 30.3 Å². The number of nitrogens with one attached hydrogen (secondary N) is 1. The van der Waals surface area contributed by atoms with Crippen molar-refractivity contribution in [1.82, 2.24) is 4.98 Å². The van der Waals surface area contributed by atoms with Gasteiger partial charge in [0.15, 0.2) is 0 Å². The number of nitriles is 1. The number of anilines is 1. The van der Waals surface area contributed by atoms with E-state index in [1.807, 2.05) is 30.3 Å². The fourth-order valence-corrected chi connectivity index (χ4v) is 3.42. The first-order valence-corrected chi connectivity index (χ1v) is 8.60. The molecule has 3 rings (SSSR count). The number of nitrogens with zero attached hydrogens (tertiary/aromatic N) is 1. The number of aromatic amines is 1. The molecule has 3 N–H and O–H groups in total. The molecule has 0 spiro atoms. The first-order chi connectivity index (χ1) is 12.5. The molecule has 0 radical (unpaired) electrons. The monoisotopic (exact) mass is 369 g/mol. The van der Waals surface area contributed by atoms with Crippen LogP contribution in [0.1, 0.15) is 38.2 Å². The summed E-state index contributed by atoms with van der Waals surface area (Å²) >= 11 is 0.947. The van der Waals surface area contributed by atoms with Crippen molar-refractivity contribution in [3.8, 4) is 6.07 Å². The predicted molar refractivity (Wildman–Crippen MR) is 96.8 cm³/mol. The molecule has 0 atom stereocenters.